The molecule has 24 heavy (non-hydrogen) atoms. The Morgan fingerprint density at radius 3 is 2.71 bits per heavy atom. The summed E-state index contributed by atoms with van der Waals surface area (Å²) in [5, 5.41) is 3.78. The number of aliphatic imine (C=N–C) groups is 1. The molecule has 6 nitrogen and oxygen atoms in total. The maximum absolute atomic E-state index is 12.6. The molecule has 2 aromatic heterocycles. The number of benzene rings is 1. The Kier molecular flexibility index (Phi) is 3.53. The van der Waals surface area contributed by atoms with Crippen molar-refractivity contribution < 1.29 is 0 Å². The fourth-order valence-corrected chi connectivity index (χ4v) is 4.05. The maximum Gasteiger partial charge on any atom is 0.271 e. The third kappa shape index (κ3) is 2.36. The van der Waals surface area contributed by atoms with E-state index >= 15 is 0 Å². The summed E-state index contributed by atoms with van der Waals surface area (Å²) in [5.41, 5.74) is 3.35. The van der Waals surface area contributed by atoms with Crippen LogP contribution >= 0.6 is 11.8 Å². The molecule has 0 spiro atoms. The first-order chi connectivity index (χ1) is 11.5. The summed E-state index contributed by atoms with van der Waals surface area (Å²) in [7, 11) is 0. The van der Waals surface area contributed by atoms with Crippen LogP contribution in [0.25, 0.3) is 11.0 Å². The van der Waals surface area contributed by atoms with Crippen LogP contribution in [-0.2, 0) is 0 Å². The van der Waals surface area contributed by atoms with E-state index < -0.39 is 0 Å². The molecule has 1 aliphatic heterocycles. The minimum absolute atomic E-state index is 0.0771. The average Bonchev–Trinajstić information content (AvgIpc) is 2.90. The minimum Gasteiger partial charge on any atom is -0.268 e. The van der Waals surface area contributed by atoms with E-state index in [-0.39, 0.29) is 16.9 Å². The molecular weight excluding hydrogens is 322 g/mol. The van der Waals surface area contributed by atoms with Crippen molar-refractivity contribution in [3.63, 3.8) is 0 Å². The van der Waals surface area contributed by atoms with Crippen molar-refractivity contribution >= 4 is 33.7 Å². The highest BCUT2D eigenvalue weighted by Gasteiger charge is 2.30. The van der Waals surface area contributed by atoms with E-state index in [0.29, 0.717) is 5.56 Å². The van der Waals surface area contributed by atoms with Crippen LogP contribution in [-0.4, -0.2) is 24.8 Å². The Morgan fingerprint density at radius 1 is 1.21 bits per heavy atom. The van der Waals surface area contributed by atoms with E-state index in [1.165, 1.54) is 0 Å². The van der Waals surface area contributed by atoms with Gasteiger partial charge in [-0.1, -0.05) is 17.8 Å². The number of nitrogens with zero attached hydrogens (tertiary/aromatic N) is 4. The fraction of sp³-hybridized carbons (Fsp3) is 0.294. The van der Waals surface area contributed by atoms with Crippen LogP contribution in [0.4, 0.5) is 5.82 Å². The maximum atomic E-state index is 12.6. The van der Waals surface area contributed by atoms with Gasteiger partial charge >= 0.3 is 0 Å². The molecular formula is C17H17N5OS. The number of fused-ring (bicyclic) bond motifs is 2. The normalized spacial score (nSPS) is 17.2. The molecule has 0 fully saturated rings. The van der Waals surface area contributed by atoms with Crippen LogP contribution < -0.4 is 5.56 Å². The lowest BCUT2D eigenvalue weighted by Crippen LogP contribution is -2.13. The molecule has 1 N–H and O–H groups in total. The number of hydrogen-bond acceptors (Lipinski definition) is 5. The standard InChI is InChI=1S/C17H17N5OS/c1-9(2)22-16-14(17(23)21-22)15(24-10(3)20-16)11-4-5-12-13(8-11)19-7-6-18-12/h4-9,15H,1-3H3,(H,21,23)/t15-/m1/s1. The van der Waals surface area contributed by atoms with Gasteiger partial charge in [-0.3, -0.25) is 24.5 Å². The number of aromatic nitrogens is 4. The van der Waals surface area contributed by atoms with Crippen LogP contribution in [0.1, 0.15) is 43.2 Å². The van der Waals surface area contributed by atoms with E-state index in [4.69, 9.17) is 0 Å². The van der Waals surface area contributed by atoms with Gasteiger partial charge in [0.25, 0.3) is 5.56 Å². The monoisotopic (exact) mass is 339 g/mol. The van der Waals surface area contributed by atoms with Crippen LogP contribution in [0.15, 0.2) is 40.4 Å². The summed E-state index contributed by atoms with van der Waals surface area (Å²) >= 11 is 1.60. The second-order valence-electron chi connectivity index (χ2n) is 6.08. The zero-order valence-electron chi connectivity index (χ0n) is 13.6. The van der Waals surface area contributed by atoms with E-state index in [1.807, 2.05) is 43.7 Å². The molecule has 122 valence electrons. The number of rotatable bonds is 2. The summed E-state index contributed by atoms with van der Waals surface area (Å²) in [5.74, 6) is 0.732. The van der Waals surface area contributed by atoms with Gasteiger partial charge in [0.1, 0.15) is 0 Å². The van der Waals surface area contributed by atoms with Crippen molar-refractivity contribution in [1.82, 2.24) is 19.7 Å². The Bertz CT molecular complexity index is 1020. The van der Waals surface area contributed by atoms with Gasteiger partial charge in [-0.25, -0.2) is 4.99 Å². The lowest BCUT2D eigenvalue weighted by atomic mass is 10.1. The minimum atomic E-state index is -0.0901. The van der Waals surface area contributed by atoms with Crippen molar-refractivity contribution in [2.75, 3.05) is 0 Å². The molecule has 7 heteroatoms. The number of thioether (sulfide) groups is 1. The third-order valence-electron chi connectivity index (χ3n) is 4.06. The van der Waals surface area contributed by atoms with Gasteiger partial charge in [0.2, 0.25) is 0 Å². The van der Waals surface area contributed by atoms with Gasteiger partial charge in [0.05, 0.1) is 26.9 Å². The highest BCUT2D eigenvalue weighted by Crippen LogP contribution is 2.44. The van der Waals surface area contributed by atoms with E-state index in [1.54, 1.807) is 24.2 Å². The number of hydrogen-bond donors (Lipinski definition) is 1. The van der Waals surface area contributed by atoms with Crippen molar-refractivity contribution in [3.05, 3.63) is 52.1 Å². The number of aromatic amines is 1. The second kappa shape index (κ2) is 5.59. The summed E-state index contributed by atoms with van der Waals surface area (Å²) in [6.07, 6.45) is 3.36. The Balaban J connectivity index is 1.91. The molecule has 0 aliphatic carbocycles. The Labute approximate surface area is 143 Å². The largest absolute Gasteiger partial charge is 0.271 e. The van der Waals surface area contributed by atoms with Gasteiger partial charge in [-0.2, -0.15) is 0 Å². The van der Waals surface area contributed by atoms with Crippen molar-refractivity contribution in [2.24, 2.45) is 4.99 Å². The zero-order valence-corrected chi connectivity index (χ0v) is 14.5. The summed E-state index contributed by atoms with van der Waals surface area (Å²) < 4.78 is 1.84. The molecule has 0 unspecified atom stereocenters. The molecule has 1 atom stereocenters. The predicted octanol–water partition coefficient (Wildman–Crippen LogP) is 3.59. The second-order valence-corrected chi connectivity index (χ2v) is 7.37. The van der Waals surface area contributed by atoms with E-state index in [2.05, 4.69) is 20.1 Å². The summed E-state index contributed by atoms with van der Waals surface area (Å²) in [4.78, 5) is 25.8. The van der Waals surface area contributed by atoms with Crippen molar-refractivity contribution in [3.8, 4) is 0 Å². The first kappa shape index (κ1) is 15.1. The van der Waals surface area contributed by atoms with E-state index in [9.17, 15) is 4.79 Å². The van der Waals surface area contributed by atoms with Crippen molar-refractivity contribution in [2.45, 2.75) is 32.1 Å². The first-order valence-corrected chi connectivity index (χ1v) is 8.69. The van der Waals surface area contributed by atoms with Crippen LogP contribution in [0.2, 0.25) is 0 Å². The van der Waals surface area contributed by atoms with Gasteiger partial charge in [0, 0.05) is 18.4 Å². The fourth-order valence-electron chi connectivity index (χ4n) is 2.96. The molecule has 0 bridgehead atoms. The molecule has 0 amide bonds. The zero-order chi connectivity index (χ0) is 16.8. The smallest absolute Gasteiger partial charge is 0.268 e. The quantitative estimate of drug-likeness (QED) is 0.774. The summed E-state index contributed by atoms with van der Waals surface area (Å²) in [6.45, 7) is 6.04. The predicted molar refractivity (Wildman–Crippen MR) is 97.2 cm³/mol. The van der Waals surface area contributed by atoms with Gasteiger partial charge in [-0.05, 0) is 38.5 Å². The lowest BCUT2D eigenvalue weighted by molar-refractivity contribution is 0.533. The van der Waals surface area contributed by atoms with Crippen molar-refractivity contribution in [1.29, 1.82) is 0 Å². The Hall–Kier alpha value is -2.41. The number of nitrogens with one attached hydrogen (secondary N) is 1. The highest BCUT2D eigenvalue weighted by atomic mass is 32.2. The molecule has 3 heterocycles. The van der Waals surface area contributed by atoms with Crippen LogP contribution in [0.5, 0.6) is 0 Å². The van der Waals surface area contributed by atoms with Gasteiger partial charge in [0.15, 0.2) is 5.82 Å². The molecule has 3 aromatic rings. The molecule has 0 saturated heterocycles. The third-order valence-corrected chi connectivity index (χ3v) is 5.24. The van der Waals surface area contributed by atoms with Crippen LogP contribution in [0.3, 0.4) is 0 Å². The lowest BCUT2D eigenvalue weighted by Gasteiger charge is -2.21. The SMILES string of the molecule is CC1=Nc2c(c(=O)[nH]n2C(C)C)[C@@H](c2ccc3nccnc3c2)S1. The molecule has 1 aliphatic rings. The average molecular weight is 339 g/mol. The summed E-state index contributed by atoms with van der Waals surface area (Å²) in [6, 6.07) is 6.12. The van der Waals surface area contributed by atoms with E-state index in [0.717, 1.165) is 27.5 Å². The van der Waals surface area contributed by atoms with Gasteiger partial charge < -0.3 is 0 Å². The molecule has 1 aromatic carbocycles. The number of H-pyrrole nitrogens is 1. The van der Waals surface area contributed by atoms with Crippen LogP contribution in [0, 0.1) is 0 Å². The van der Waals surface area contributed by atoms with Gasteiger partial charge in [-0.15, -0.1) is 0 Å². The first-order valence-electron chi connectivity index (χ1n) is 7.81. The Morgan fingerprint density at radius 2 is 1.96 bits per heavy atom. The molecule has 4 rings (SSSR count). The topological polar surface area (TPSA) is 75.9 Å². The molecule has 0 radical (unpaired) electrons. The molecule has 0 saturated carbocycles. The highest BCUT2D eigenvalue weighted by molar-refractivity contribution is 8.14.